The maximum atomic E-state index is 12.9. The second kappa shape index (κ2) is 10.9. The maximum absolute atomic E-state index is 12.9. The van der Waals surface area contributed by atoms with Gasteiger partial charge in [-0.25, -0.2) is 8.42 Å². The summed E-state index contributed by atoms with van der Waals surface area (Å²) in [5, 5.41) is 3.05. The molecule has 1 amide bonds. The van der Waals surface area contributed by atoms with Gasteiger partial charge in [-0.2, -0.15) is 0 Å². The monoisotopic (exact) mass is 473 g/mol. The number of rotatable bonds is 9. The van der Waals surface area contributed by atoms with Crippen molar-refractivity contribution in [2.45, 2.75) is 51.7 Å². The standard InChI is InChI=1S/C25H35N3O4S/c1-5-24(32-23-15-13-21(14-16-23)27(3)33(4,30)31)25(29)26-19(2)20-9-11-22(12-10-20)28-17-7-6-8-18-28/h9-16,19,24H,5-8,17-18H2,1-4H3,(H,26,29)/t19-,24-/m0/s1. The van der Waals surface area contributed by atoms with Crippen molar-refractivity contribution in [3.8, 4) is 5.75 Å². The normalized spacial score (nSPS) is 16.1. The SMILES string of the molecule is CC[C@H](Oc1ccc(N(C)S(C)(=O)=O)cc1)C(=O)N[C@@H](C)c1ccc(N2CCCCC2)cc1. The summed E-state index contributed by atoms with van der Waals surface area (Å²) < 4.78 is 30.5. The molecule has 1 aliphatic heterocycles. The highest BCUT2D eigenvalue weighted by molar-refractivity contribution is 7.92. The van der Waals surface area contributed by atoms with E-state index in [0.29, 0.717) is 17.9 Å². The van der Waals surface area contributed by atoms with Gasteiger partial charge in [-0.1, -0.05) is 19.1 Å². The van der Waals surface area contributed by atoms with Crippen molar-refractivity contribution >= 4 is 27.3 Å². The number of ether oxygens (including phenoxy) is 1. The van der Waals surface area contributed by atoms with E-state index in [1.54, 1.807) is 24.3 Å². The van der Waals surface area contributed by atoms with Crippen molar-refractivity contribution < 1.29 is 17.9 Å². The van der Waals surface area contributed by atoms with E-state index in [4.69, 9.17) is 4.74 Å². The first-order valence-corrected chi connectivity index (χ1v) is 13.4. The summed E-state index contributed by atoms with van der Waals surface area (Å²) in [6, 6.07) is 14.9. The van der Waals surface area contributed by atoms with Crippen LogP contribution in [0.4, 0.5) is 11.4 Å². The molecule has 2 aromatic rings. The van der Waals surface area contributed by atoms with Crippen LogP contribution in [0.15, 0.2) is 48.5 Å². The molecule has 0 radical (unpaired) electrons. The largest absolute Gasteiger partial charge is 0.481 e. The van der Waals surface area contributed by atoms with Crippen molar-refractivity contribution in [2.24, 2.45) is 0 Å². The Labute approximate surface area is 197 Å². The van der Waals surface area contributed by atoms with E-state index in [-0.39, 0.29) is 11.9 Å². The Morgan fingerprint density at radius 1 is 1.06 bits per heavy atom. The fraction of sp³-hybridized carbons (Fsp3) is 0.480. The van der Waals surface area contributed by atoms with E-state index >= 15 is 0 Å². The van der Waals surface area contributed by atoms with Crippen LogP contribution >= 0.6 is 0 Å². The fourth-order valence-corrected chi connectivity index (χ4v) is 4.43. The van der Waals surface area contributed by atoms with Crippen molar-refractivity contribution in [3.63, 3.8) is 0 Å². The van der Waals surface area contributed by atoms with Gasteiger partial charge in [0, 0.05) is 25.8 Å². The Morgan fingerprint density at radius 2 is 1.67 bits per heavy atom. The zero-order valence-corrected chi connectivity index (χ0v) is 20.8. The number of hydrogen-bond donors (Lipinski definition) is 1. The van der Waals surface area contributed by atoms with Gasteiger partial charge in [0.1, 0.15) is 5.75 Å². The minimum atomic E-state index is -3.33. The fourth-order valence-electron chi connectivity index (χ4n) is 3.93. The van der Waals surface area contributed by atoms with Crippen LogP contribution in [0.5, 0.6) is 5.75 Å². The third-order valence-electron chi connectivity index (χ3n) is 6.11. The van der Waals surface area contributed by atoms with E-state index in [2.05, 4.69) is 34.5 Å². The molecule has 1 fully saturated rings. The molecule has 0 aliphatic carbocycles. The number of piperidine rings is 1. The van der Waals surface area contributed by atoms with E-state index < -0.39 is 16.1 Å². The van der Waals surface area contributed by atoms with Gasteiger partial charge in [-0.05, 0) is 74.6 Å². The number of carbonyl (C=O) groups excluding carboxylic acids is 1. The summed E-state index contributed by atoms with van der Waals surface area (Å²) in [7, 11) is -1.84. The Balaban J connectivity index is 1.58. The summed E-state index contributed by atoms with van der Waals surface area (Å²) in [5.74, 6) is 0.337. The highest BCUT2D eigenvalue weighted by atomic mass is 32.2. The van der Waals surface area contributed by atoms with Gasteiger partial charge in [0.2, 0.25) is 10.0 Å². The van der Waals surface area contributed by atoms with E-state index in [9.17, 15) is 13.2 Å². The zero-order valence-electron chi connectivity index (χ0n) is 20.0. The van der Waals surface area contributed by atoms with E-state index in [1.165, 1.54) is 36.3 Å². The number of amides is 1. The molecule has 1 heterocycles. The predicted octanol–water partition coefficient (Wildman–Crippen LogP) is 4.11. The average molecular weight is 474 g/mol. The highest BCUT2D eigenvalue weighted by Gasteiger charge is 2.21. The number of benzene rings is 2. The van der Waals surface area contributed by atoms with Crippen LogP contribution < -0.4 is 19.3 Å². The zero-order chi connectivity index (χ0) is 24.0. The second-order valence-corrected chi connectivity index (χ2v) is 10.6. The summed E-state index contributed by atoms with van der Waals surface area (Å²) in [6.07, 6.45) is 4.81. The van der Waals surface area contributed by atoms with Crippen LogP contribution in [0.25, 0.3) is 0 Å². The van der Waals surface area contributed by atoms with Crippen molar-refractivity contribution in [2.75, 3.05) is 35.6 Å². The predicted molar refractivity (Wildman–Crippen MR) is 133 cm³/mol. The molecule has 1 saturated heterocycles. The van der Waals surface area contributed by atoms with Gasteiger partial charge in [-0.15, -0.1) is 0 Å². The lowest BCUT2D eigenvalue weighted by Crippen LogP contribution is -2.39. The minimum absolute atomic E-state index is 0.142. The first-order valence-electron chi connectivity index (χ1n) is 11.5. The Bertz CT molecular complexity index is 1020. The Hall–Kier alpha value is -2.74. The van der Waals surface area contributed by atoms with Crippen molar-refractivity contribution in [3.05, 3.63) is 54.1 Å². The Morgan fingerprint density at radius 3 is 2.21 bits per heavy atom. The smallest absolute Gasteiger partial charge is 0.261 e. The van der Waals surface area contributed by atoms with Crippen LogP contribution in [0, 0.1) is 0 Å². The molecule has 8 heteroatoms. The Kier molecular flexibility index (Phi) is 8.24. The van der Waals surface area contributed by atoms with Crippen LogP contribution in [-0.4, -0.2) is 46.8 Å². The summed E-state index contributed by atoms with van der Waals surface area (Å²) in [4.78, 5) is 15.3. The molecule has 0 unspecified atom stereocenters. The van der Waals surface area contributed by atoms with Gasteiger partial charge in [0.05, 0.1) is 18.0 Å². The molecule has 0 bridgehead atoms. The van der Waals surface area contributed by atoms with Crippen molar-refractivity contribution in [1.29, 1.82) is 0 Å². The molecule has 180 valence electrons. The van der Waals surface area contributed by atoms with E-state index in [0.717, 1.165) is 24.9 Å². The molecule has 3 rings (SSSR count). The topological polar surface area (TPSA) is 78.9 Å². The van der Waals surface area contributed by atoms with Crippen LogP contribution in [0.1, 0.15) is 51.1 Å². The molecule has 2 atom stereocenters. The highest BCUT2D eigenvalue weighted by Crippen LogP contribution is 2.24. The number of nitrogens with one attached hydrogen (secondary N) is 1. The maximum Gasteiger partial charge on any atom is 0.261 e. The molecule has 0 spiro atoms. The third-order valence-corrected chi connectivity index (χ3v) is 7.32. The lowest BCUT2D eigenvalue weighted by molar-refractivity contribution is -0.128. The van der Waals surface area contributed by atoms with E-state index in [1.807, 2.05) is 13.8 Å². The third kappa shape index (κ3) is 6.63. The molecule has 1 N–H and O–H groups in total. The number of sulfonamides is 1. The summed E-state index contributed by atoms with van der Waals surface area (Å²) in [5.41, 5.74) is 2.81. The lowest BCUT2D eigenvalue weighted by Gasteiger charge is -2.29. The number of nitrogens with zero attached hydrogens (tertiary/aromatic N) is 2. The molecule has 0 saturated carbocycles. The van der Waals surface area contributed by atoms with Crippen LogP contribution in [0.2, 0.25) is 0 Å². The van der Waals surface area contributed by atoms with Crippen molar-refractivity contribution in [1.82, 2.24) is 5.32 Å². The number of anilines is 2. The van der Waals surface area contributed by atoms with Gasteiger partial charge >= 0.3 is 0 Å². The molecule has 7 nitrogen and oxygen atoms in total. The molecule has 1 aliphatic rings. The van der Waals surface area contributed by atoms with Crippen LogP contribution in [0.3, 0.4) is 0 Å². The van der Waals surface area contributed by atoms with Crippen LogP contribution in [-0.2, 0) is 14.8 Å². The molecular weight excluding hydrogens is 438 g/mol. The minimum Gasteiger partial charge on any atom is -0.481 e. The number of hydrogen-bond acceptors (Lipinski definition) is 5. The number of carbonyl (C=O) groups is 1. The van der Waals surface area contributed by atoms with Gasteiger partial charge in [0.25, 0.3) is 5.91 Å². The molecule has 33 heavy (non-hydrogen) atoms. The quantitative estimate of drug-likeness (QED) is 0.593. The van der Waals surface area contributed by atoms with Gasteiger partial charge in [-0.3, -0.25) is 9.10 Å². The second-order valence-electron chi connectivity index (χ2n) is 8.61. The average Bonchev–Trinajstić information content (AvgIpc) is 2.82. The molecule has 0 aromatic heterocycles. The van der Waals surface area contributed by atoms with Gasteiger partial charge < -0.3 is 15.0 Å². The lowest BCUT2D eigenvalue weighted by atomic mass is 10.1. The molecule has 2 aromatic carbocycles. The first kappa shape index (κ1) is 24.9. The van der Waals surface area contributed by atoms with Gasteiger partial charge in [0.15, 0.2) is 6.10 Å². The summed E-state index contributed by atoms with van der Waals surface area (Å²) in [6.45, 7) is 6.07. The molecular formula is C25H35N3O4S. The summed E-state index contributed by atoms with van der Waals surface area (Å²) >= 11 is 0. The first-order chi connectivity index (χ1) is 15.7.